The average molecular weight is 488 g/mol. The van der Waals surface area contributed by atoms with Crippen molar-refractivity contribution in [2.24, 2.45) is 0 Å². The van der Waals surface area contributed by atoms with Gasteiger partial charge in [0.25, 0.3) is 0 Å². The fourth-order valence-corrected chi connectivity index (χ4v) is 9.80. The second-order valence-electron chi connectivity index (χ2n) is 12.2. The van der Waals surface area contributed by atoms with Gasteiger partial charge in [0.15, 0.2) is 0 Å². The third kappa shape index (κ3) is 7.19. The van der Waals surface area contributed by atoms with Crippen molar-refractivity contribution in [3.63, 3.8) is 0 Å². The first kappa shape index (κ1) is 27.4. The molecule has 1 aromatic rings. The molecule has 0 heterocycles. The predicted octanol–water partition coefficient (Wildman–Crippen LogP) is 5.74. The molecular weight excluding hydrogens is 443 g/mol. The van der Waals surface area contributed by atoms with Gasteiger partial charge in [-0.1, -0.05) is 0 Å². The fourth-order valence-electron chi connectivity index (χ4n) is 3.64. The normalized spacial score (nSPS) is 13.3. The zero-order chi connectivity index (χ0) is 23.7. The van der Waals surface area contributed by atoms with E-state index >= 15 is 0 Å². The van der Waals surface area contributed by atoms with E-state index < -0.39 is 23.5 Å². The van der Waals surface area contributed by atoms with Gasteiger partial charge in [0.2, 0.25) is 0 Å². The number of benzene rings is 1. The van der Waals surface area contributed by atoms with Crippen molar-refractivity contribution in [3.8, 4) is 0 Å². The standard InChI is InChI=1S/C25H45GeN3Si/c1-17(2)29(18(3)4)16-19-14-20(24(5,6)7)15-21(25(8,9)10)22(19)26-23(28-27)30(11,12)13/h14-15,17-18H,16H2,1-13H3. The molecule has 0 spiro atoms. The Hall–Kier alpha value is -0.680. The topological polar surface area (TPSA) is 39.6 Å². The molecule has 2 radical (unpaired) electrons. The van der Waals surface area contributed by atoms with Crippen molar-refractivity contribution >= 4 is 32.1 Å². The van der Waals surface area contributed by atoms with E-state index in [9.17, 15) is 5.53 Å². The number of hydrogen-bond donors (Lipinski definition) is 0. The first-order chi connectivity index (χ1) is 13.4. The SMILES string of the molecule is CC(C)N(Cc1cc(C(C)(C)C)cc(C(C)(C)C)[c]1[Ge][C](=[N+]=[N-])[Si](C)(C)C)C(C)C. The summed E-state index contributed by atoms with van der Waals surface area (Å²) in [7, 11) is -1.67. The molecule has 0 bridgehead atoms. The summed E-state index contributed by atoms with van der Waals surface area (Å²) in [5, 5.41) is 0. The van der Waals surface area contributed by atoms with Crippen molar-refractivity contribution in [2.45, 2.75) is 118 Å². The van der Waals surface area contributed by atoms with Crippen LogP contribution < -0.4 is 4.40 Å². The van der Waals surface area contributed by atoms with E-state index in [-0.39, 0.29) is 10.8 Å². The van der Waals surface area contributed by atoms with Crippen LogP contribution in [0.15, 0.2) is 12.1 Å². The van der Waals surface area contributed by atoms with Crippen LogP contribution in [-0.4, -0.2) is 49.4 Å². The Morgan fingerprint density at radius 2 is 1.47 bits per heavy atom. The summed E-state index contributed by atoms with van der Waals surface area (Å²) in [6, 6.07) is 5.86. The van der Waals surface area contributed by atoms with Crippen molar-refractivity contribution in [2.75, 3.05) is 0 Å². The van der Waals surface area contributed by atoms with Crippen LogP contribution in [0.2, 0.25) is 19.6 Å². The quantitative estimate of drug-likeness (QED) is 0.209. The number of nitrogens with zero attached hydrogens (tertiary/aromatic N) is 3. The summed E-state index contributed by atoms with van der Waals surface area (Å²) in [6.45, 7) is 30.9. The number of rotatable bonds is 7. The van der Waals surface area contributed by atoms with Crippen LogP contribution in [0.1, 0.15) is 85.9 Å². The molecule has 0 N–H and O–H groups in total. The Bertz CT molecular complexity index is 778. The third-order valence-corrected chi connectivity index (χ3v) is 15.0. The monoisotopic (exact) mass is 489 g/mol. The van der Waals surface area contributed by atoms with Crippen LogP contribution >= 0.6 is 0 Å². The fraction of sp³-hybridized carbons (Fsp3) is 0.720. The van der Waals surface area contributed by atoms with Crippen LogP contribution in [0, 0.1) is 0 Å². The Kier molecular flexibility index (Phi) is 8.98. The van der Waals surface area contributed by atoms with Crippen molar-refractivity contribution in [3.05, 3.63) is 34.4 Å². The molecule has 0 aliphatic heterocycles. The first-order valence-electron chi connectivity index (χ1n) is 11.3. The molecule has 1 aromatic carbocycles. The summed E-state index contributed by atoms with van der Waals surface area (Å²) >= 11 is -0.697. The van der Waals surface area contributed by atoms with E-state index in [0.717, 1.165) is 10.7 Å². The van der Waals surface area contributed by atoms with E-state index in [1.54, 1.807) is 0 Å². The van der Waals surface area contributed by atoms with Gasteiger partial charge in [-0.15, -0.1) is 0 Å². The minimum atomic E-state index is -1.67. The second kappa shape index (κ2) is 9.85. The maximum atomic E-state index is 9.89. The van der Waals surface area contributed by atoms with Gasteiger partial charge in [0.1, 0.15) is 0 Å². The third-order valence-electron chi connectivity index (χ3n) is 5.63. The predicted molar refractivity (Wildman–Crippen MR) is 137 cm³/mol. The zero-order valence-corrected chi connectivity index (χ0v) is 25.0. The van der Waals surface area contributed by atoms with Gasteiger partial charge >= 0.3 is 194 Å². The van der Waals surface area contributed by atoms with Gasteiger partial charge in [-0.2, -0.15) is 0 Å². The Labute approximate surface area is 194 Å². The van der Waals surface area contributed by atoms with Gasteiger partial charge in [0.05, 0.1) is 0 Å². The molecule has 3 nitrogen and oxygen atoms in total. The Balaban J connectivity index is 3.85. The molecule has 0 saturated carbocycles. The van der Waals surface area contributed by atoms with Crippen LogP contribution in [-0.2, 0) is 17.4 Å². The molecule has 30 heavy (non-hydrogen) atoms. The molecule has 0 aliphatic carbocycles. The summed E-state index contributed by atoms with van der Waals surface area (Å²) in [4.78, 5) is 6.44. The molecule has 5 heteroatoms. The molecule has 0 atom stereocenters. The van der Waals surface area contributed by atoms with Gasteiger partial charge in [-0.05, 0) is 0 Å². The molecule has 168 valence electrons. The molecule has 0 fully saturated rings. The van der Waals surface area contributed by atoms with Crippen LogP contribution in [0.4, 0.5) is 0 Å². The Morgan fingerprint density at radius 1 is 0.967 bits per heavy atom. The zero-order valence-electron chi connectivity index (χ0n) is 21.9. The van der Waals surface area contributed by atoms with E-state index in [0.29, 0.717) is 12.1 Å². The van der Waals surface area contributed by atoms with Crippen molar-refractivity contribution in [1.29, 1.82) is 0 Å². The maximum absolute atomic E-state index is 9.89. The van der Waals surface area contributed by atoms with Gasteiger partial charge in [-0.25, -0.2) is 0 Å². The van der Waals surface area contributed by atoms with E-state index in [1.165, 1.54) is 21.1 Å². The van der Waals surface area contributed by atoms with Gasteiger partial charge in [-0.3, -0.25) is 0 Å². The molecular formula is C25H45GeN3Si. The van der Waals surface area contributed by atoms with E-state index in [2.05, 4.69) is 111 Å². The summed E-state index contributed by atoms with van der Waals surface area (Å²) in [6.07, 6.45) is 0. The molecule has 0 saturated heterocycles. The molecule has 0 unspecified atom stereocenters. The van der Waals surface area contributed by atoms with Crippen molar-refractivity contribution < 1.29 is 4.79 Å². The average Bonchev–Trinajstić information content (AvgIpc) is 2.53. The van der Waals surface area contributed by atoms with Crippen molar-refractivity contribution in [1.82, 2.24) is 4.90 Å². The van der Waals surface area contributed by atoms with E-state index in [1.807, 2.05) is 0 Å². The molecule has 0 amide bonds. The summed E-state index contributed by atoms with van der Waals surface area (Å²) in [5.41, 5.74) is 14.3. The van der Waals surface area contributed by atoms with Crippen LogP contribution in [0.3, 0.4) is 0 Å². The molecule has 1 rings (SSSR count). The van der Waals surface area contributed by atoms with Gasteiger partial charge in [0, 0.05) is 0 Å². The van der Waals surface area contributed by atoms with E-state index in [4.69, 9.17) is 0 Å². The first-order valence-corrected chi connectivity index (χ1v) is 16.9. The number of hydrogen-bond acceptors (Lipinski definition) is 1. The molecule has 0 aliphatic rings. The molecule has 0 aromatic heterocycles. The minimum absolute atomic E-state index is 0.0509. The van der Waals surface area contributed by atoms with Crippen LogP contribution in [0.5, 0.6) is 0 Å². The van der Waals surface area contributed by atoms with Crippen LogP contribution in [0.25, 0.3) is 5.53 Å². The van der Waals surface area contributed by atoms with Gasteiger partial charge < -0.3 is 0 Å². The summed E-state index contributed by atoms with van der Waals surface area (Å²) < 4.78 is 2.58. The second-order valence-corrected chi connectivity index (χ2v) is 20.8. The Morgan fingerprint density at radius 3 is 1.80 bits per heavy atom. The summed E-state index contributed by atoms with van der Waals surface area (Å²) in [5.74, 6) is 0.